The van der Waals surface area contributed by atoms with Crippen molar-refractivity contribution in [2.45, 2.75) is 26.9 Å². The van der Waals surface area contributed by atoms with Crippen molar-refractivity contribution in [3.63, 3.8) is 0 Å². The SMILES string of the molecule is Cc1cccc(C)c1NC(=O)CNC(=O)C(C)OC(=O)c1ccc(C(N)=O)cc1. The first-order chi connectivity index (χ1) is 13.7. The molecule has 0 saturated heterocycles. The number of carbonyl (C=O) groups is 4. The molecule has 1 atom stereocenters. The molecule has 8 nitrogen and oxygen atoms in total. The summed E-state index contributed by atoms with van der Waals surface area (Å²) in [7, 11) is 0. The maximum absolute atomic E-state index is 12.1. The van der Waals surface area contributed by atoms with Crippen molar-refractivity contribution in [1.82, 2.24) is 5.32 Å². The van der Waals surface area contributed by atoms with Gasteiger partial charge < -0.3 is 21.1 Å². The molecule has 4 N–H and O–H groups in total. The average Bonchev–Trinajstić information content (AvgIpc) is 2.69. The first-order valence-corrected chi connectivity index (χ1v) is 8.93. The molecule has 2 aromatic carbocycles. The number of ether oxygens (including phenoxy) is 1. The number of amides is 3. The Hall–Kier alpha value is -3.68. The topological polar surface area (TPSA) is 128 Å². The number of benzene rings is 2. The lowest BCUT2D eigenvalue weighted by molar-refractivity contribution is -0.130. The van der Waals surface area contributed by atoms with Crippen LogP contribution in [0.5, 0.6) is 0 Å². The fourth-order valence-electron chi connectivity index (χ4n) is 2.56. The molecule has 152 valence electrons. The van der Waals surface area contributed by atoms with Crippen molar-refractivity contribution < 1.29 is 23.9 Å². The van der Waals surface area contributed by atoms with Crippen LogP contribution in [0, 0.1) is 13.8 Å². The minimum atomic E-state index is -1.11. The summed E-state index contributed by atoms with van der Waals surface area (Å²) in [5, 5.41) is 5.19. The van der Waals surface area contributed by atoms with Gasteiger partial charge in [0, 0.05) is 11.3 Å². The van der Waals surface area contributed by atoms with E-state index in [-0.39, 0.29) is 17.7 Å². The highest BCUT2D eigenvalue weighted by Crippen LogP contribution is 2.19. The van der Waals surface area contributed by atoms with Crippen molar-refractivity contribution in [1.29, 1.82) is 0 Å². The van der Waals surface area contributed by atoms with E-state index < -0.39 is 29.8 Å². The minimum Gasteiger partial charge on any atom is -0.449 e. The Morgan fingerprint density at radius 2 is 1.52 bits per heavy atom. The molecule has 0 fully saturated rings. The van der Waals surface area contributed by atoms with Gasteiger partial charge in [-0.05, 0) is 56.2 Å². The van der Waals surface area contributed by atoms with Crippen LogP contribution in [-0.4, -0.2) is 36.3 Å². The number of hydrogen-bond donors (Lipinski definition) is 3. The molecule has 2 aromatic rings. The molecular weight excluding hydrogens is 374 g/mol. The molecule has 8 heteroatoms. The second kappa shape index (κ2) is 9.50. The zero-order valence-electron chi connectivity index (χ0n) is 16.4. The van der Waals surface area contributed by atoms with E-state index in [0.29, 0.717) is 5.69 Å². The van der Waals surface area contributed by atoms with Crippen LogP contribution in [-0.2, 0) is 14.3 Å². The maximum Gasteiger partial charge on any atom is 0.338 e. The highest BCUT2D eigenvalue weighted by molar-refractivity contribution is 5.98. The first-order valence-electron chi connectivity index (χ1n) is 8.93. The van der Waals surface area contributed by atoms with Crippen LogP contribution in [0.25, 0.3) is 0 Å². The molecule has 0 saturated carbocycles. The zero-order chi connectivity index (χ0) is 21.6. The van der Waals surface area contributed by atoms with Crippen LogP contribution >= 0.6 is 0 Å². The predicted molar refractivity (Wildman–Crippen MR) is 107 cm³/mol. The monoisotopic (exact) mass is 397 g/mol. The van der Waals surface area contributed by atoms with Crippen LogP contribution in [0.1, 0.15) is 38.8 Å². The number of esters is 1. The predicted octanol–water partition coefficient (Wildman–Crippen LogP) is 1.70. The van der Waals surface area contributed by atoms with Crippen molar-refractivity contribution >= 4 is 29.4 Å². The van der Waals surface area contributed by atoms with E-state index in [0.717, 1.165) is 11.1 Å². The molecule has 0 bridgehead atoms. The van der Waals surface area contributed by atoms with Crippen LogP contribution in [0.4, 0.5) is 5.69 Å². The molecule has 0 aliphatic heterocycles. The standard InChI is InChI=1S/C21H23N3O5/c1-12-5-4-6-13(2)18(12)24-17(25)11-23-20(27)14(3)29-21(28)16-9-7-15(8-10-16)19(22)26/h4-10,14H,11H2,1-3H3,(H2,22,26)(H,23,27)(H,24,25). The summed E-state index contributed by atoms with van der Waals surface area (Å²) < 4.78 is 5.09. The molecule has 0 aliphatic rings. The van der Waals surface area contributed by atoms with Gasteiger partial charge in [0.1, 0.15) is 0 Å². The zero-order valence-corrected chi connectivity index (χ0v) is 16.4. The molecule has 3 amide bonds. The van der Waals surface area contributed by atoms with Gasteiger partial charge in [-0.1, -0.05) is 18.2 Å². The lowest BCUT2D eigenvalue weighted by atomic mass is 10.1. The summed E-state index contributed by atoms with van der Waals surface area (Å²) >= 11 is 0. The number of nitrogens with one attached hydrogen (secondary N) is 2. The number of para-hydroxylation sites is 1. The Labute approximate surface area is 168 Å². The molecule has 0 radical (unpaired) electrons. The summed E-state index contributed by atoms with van der Waals surface area (Å²) in [5.74, 6) is -2.35. The van der Waals surface area contributed by atoms with Gasteiger partial charge in [-0.25, -0.2) is 4.79 Å². The quantitative estimate of drug-likeness (QED) is 0.613. The molecular formula is C21H23N3O5. The largest absolute Gasteiger partial charge is 0.449 e. The molecule has 0 heterocycles. The van der Waals surface area contributed by atoms with Gasteiger partial charge in [-0.2, -0.15) is 0 Å². The summed E-state index contributed by atoms with van der Waals surface area (Å²) in [6.45, 7) is 4.88. The summed E-state index contributed by atoms with van der Waals surface area (Å²) in [4.78, 5) is 47.4. The summed E-state index contributed by atoms with van der Waals surface area (Å²) in [5.41, 5.74) is 8.09. The molecule has 1 unspecified atom stereocenters. The van der Waals surface area contributed by atoms with E-state index in [9.17, 15) is 19.2 Å². The minimum absolute atomic E-state index is 0.169. The number of nitrogens with two attached hydrogens (primary N) is 1. The fraction of sp³-hybridized carbons (Fsp3) is 0.238. The summed E-state index contributed by atoms with van der Waals surface area (Å²) in [6.07, 6.45) is -1.11. The van der Waals surface area contributed by atoms with Gasteiger partial charge in [0.15, 0.2) is 6.10 Å². The molecule has 29 heavy (non-hydrogen) atoms. The van der Waals surface area contributed by atoms with Crippen LogP contribution in [0.2, 0.25) is 0 Å². The Morgan fingerprint density at radius 1 is 0.966 bits per heavy atom. The Bertz CT molecular complexity index is 918. The van der Waals surface area contributed by atoms with Gasteiger partial charge >= 0.3 is 5.97 Å². The number of primary amides is 1. The Balaban J connectivity index is 1.86. The number of aryl methyl sites for hydroxylation is 2. The average molecular weight is 397 g/mol. The summed E-state index contributed by atoms with van der Waals surface area (Å²) in [6, 6.07) is 11.2. The third-order valence-electron chi connectivity index (χ3n) is 4.23. The Kier molecular flexibility index (Phi) is 7.08. The van der Waals surface area contributed by atoms with Crippen molar-refractivity contribution in [3.8, 4) is 0 Å². The third-order valence-corrected chi connectivity index (χ3v) is 4.23. The van der Waals surface area contributed by atoms with E-state index in [4.69, 9.17) is 10.5 Å². The van der Waals surface area contributed by atoms with Gasteiger partial charge in [-0.15, -0.1) is 0 Å². The Morgan fingerprint density at radius 3 is 2.07 bits per heavy atom. The molecule has 2 rings (SSSR count). The van der Waals surface area contributed by atoms with Crippen LogP contribution in [0.3, 0.4) is 0 Å². The number of hydrogen-bond acceptors (Lipinski definition) is 5. The van der Waals surface area contributed by atoms with Gasteiger partial charge in [0.2, 0.25) is 11.8 Å². The second-order valence-corrected chi connectivity index (χ2v) is 6.52. The molecule has 0 aromatic heterocycles. The number of rotatable bonds is 7. The van der Waals surface area contributed by atoms with Gasteiger partial charge in [0.25, 0.3) is 5.91 Å². The maximum atomic E-state index is 12.1. The van der Waals surface area contributed by atoms with E-state index in [2.05, 4.69) is 10.6 Å². The van der Waals surface area contributed by atoms with Gasteiger partial charge in [0.05, 0.1) is 12.1 Å². The number of carbonyl (C=O) groups excluding carboxylic acids is 4. The second-order valence-electron chi connectivity index (χ2n) is 6.52. The van der Waals surface area contributed by atoms with Crippen molar-refractivity contribution in [2.75, 3.05) is 11.9 Å². The van der Waals surface area contributed by atoms with Crippen molar-refractivity contribution in [2.24, 2.45) is 5.73 Å². The van der Waals surface area contributed by atoms with E-state index in [1.807, 2.05) is 32.0 Å². The molecule has 0 aliphatic carbocycles. The van der Waals surface area contributed by atoms with E-state index in [1.54, 1.807) is 0 Å². The number of anilines is 1. The van der Waals surface area contributed by atoms with Crippen LogP contribution < -0.4 is 16.4 Å². The fourth-order valence-corrected chi connectivity index (χ4v) is 2.56. The lowest BCUT2D eigenvalue weighted by Crippen LogP contribution is -2.40. The van der Waals surface area contributed by atoms with Gasteiger partial charge in [-0.3, -0.25) is 14.4 Å². The molecule has 0 spiro atoms. The van der Waals surface area contributed by atoms with Crippen molar-refractivity contribution in [3.05, 3.63) is 64.7 Å². The third kappa shape index (κ3) is 5.90. The highest BCUT2D eigenvalue weighted by atomic mass is 16.5. The van der Waals surface area contributed by atoms with Crippen LogP contribution in [0.15, 0.2) is 42.5 Å². The smallest absolute Gasteiger partial charge is 0.338 e. The lowest BCUT2D eigenvalue weighted by Gasteiger charge is -2.15. The normalized spacial score (nSPS) is 11.3. The first kappa shape index (κ1) is 21.6. The highest BCUT2D eigenvalue weighted by Gasteiger charge is 2.20. The van der Waals surface area contributed by atoms with E-state index in [1.165, 1.54) is 31.2 Å². The van der Waals surface area contributed by atoms with E-state index >= 15 is 0 Å².